The number of sulfonamides is 1. The first kappa shape index (κ1) is 37.2. The zero-order valence-electron chi connectivity index (χ0n) is 26.8. The third-order valence-electron chi connectivity index (χ3n) is 7.33. The van der Waals surface area contributed by atoms with E-state index in [1.165, 1.54) is 23.5 Å². The maximum atomic E-state index is 13.7. The second-order valence-corrected chi connectivity index (χ2v) is 13.3. The molecule has 248 valence electrons. The zero-order valence-corrected chi connectivity index (χ0v) is 27.6. The lowest BCUT2D eigenvalue weighted by atomic mass is 9.96. The molecule has 4 N–H and O–H groups in total. The first-order valence-electron chi connectivity index (χ1n) is 15.1. The smallest absolute Gasteiger partial charge is 0.243 e. The fraction of sp³-hybridized carbons (Fsp3) is 0.562. The van der Waals surface area contributed by atoms with Crippen molar-refractivity contribution in [3.05, 3.63) is 60.2 Å². The summed E-state index contributed by atoms with van der Waals surface area (Å²) in [5.74, 6) is -0.479. The SMILES string of the molecule is CCC(C)[C@H](NC(=O)CNCCOC)C(=O)N[C@@H](Cc1ccccc1)[C@H](O)CN(CC(C)C)S(=O)(=O)c1ccc(OC)cc1.[HH]. The van der Waals surface area contributed by atoms with Crippen LogP contribution in [0.15, 0.2) is 59.5 Å². The van der Waals surface area contributed by atoms with Crippen LogP contribution in [-0.2, 0) is 30.8 Å². The zero-order chi connectivity index (χ0) is 32.7. The number of benzene rings is 2. The van der Waals surface area contributed by atoms with Crippen LogP contribution in [0.5, 0.6) is 5.75 Å². The van der Waals surface area contributed by atoms with Gasteiger partial charge in [-0.25, -0.2) is 8.42 Å². The highest BCUT2D eigenvalue weighted by atomic mass is 32.2. The first-order chi connectivity index (χ1) is 20.9. The molecule has 11 nitrogen and oxygen atoms in total. The highest BCUT2D eigenvalue weighted by Gasteiger charge is 2.34. The Balaban J connectivity index is 0.0000101. The molecule has 2 rings (SSSR count). The Labute approximate surface area is 264 Å². The van der Waals surface area contributed by atoms with Crippen LogP contribution in [0.3, 0.4) is 0 Å². The molecule has 0 aliphatic heterocycles. The highest BCUT2D eigenvalue weighted by Crippen LogP contribution is 2.22. The predicted octanol–water partition coefficient (Wildman–Crippen LogP) is 2.44. The van der Waals surface area contributed by atoms with E-state index >= 15 is 0 Å². The maximum Gasteiger partial charge on any atom is 0.243 e. The summed E-state index contributed by atoms with van der Waals surface area (Å²) in [6.07, 6.45) is -0.371. The molecule has 4 atom stereocenters. The minimum atomic E-state index is -3.98. The fourth-order valence-corrected chi connectivity index (χ4v) is 6.26. The van der Waals surface area contributed by atoms with Gasteiger partial charge in [0.2, 0.25) is 21.8 Å². The van der Waals surface area contributed by atoms with Crippen molar-refractivity contribution >= 4 is 21.8 Å². The minimum Gasteiger partial charge on any atom is -0.497 e. The lowest BCUT2D eigenvalue weighted by molar-refractivity contribution is -0.131. The molecule has 2 amide bonds. The van der Waals surface area contributed by atoms with Gasteiger partial charge in [0, 0.05) is 28.2 Å². The molecule has 0 saturated carbocycles. The molecule has 0 radical (unpaired) electrons. The molecule has 0 bridgehead atoms. The standard InChI is InChI=1S/C32H50N4O7S.H2/c1-7-24(4)31(35-30(38)20-33-17-18-42-5)32(39)34-28(19-25-11-9-8-10-12-25)29(37)22-36(21-23(2)3)44(40,41)27-15-13-26(43-6)14-16-27;/h8-16,23-24,28-29,31,33,37H,7,17-22H2,1-6H3,(H,34,39)(H,35,38);1H/t24?,28-,29+,31-;/m0./s1. The Kier molecular flexibility index (Phi) is 15.8. The van der Waals surface area contributed by atoms with Crippen LogP contribution in [0.1, 0.15) is 41.1 Å². The van der Waals surface area contributed by atoms with Crippen molar-refractivity contribution < 1.29 is 34.0 Å². The van der Waals surface area contributed by atoms with E-state index in [2.05, 4.69) is 16.0 Å². The molecule has 0 aliphatic carbocycles. The van der Waals surface area contributed by atoms with Crippen LogP contribution >= 0.6 is 0 Å². The number of methoxy groups -OCH3 is 2. The van der Waals surface area contributed by atoms with Crippen molar-refractivity contribution in [2.24, 2.45) is 11.8 Å². The monoisotopic (exact) mass is 636 g/mol. The molecule has 1 unspecified atom stereocenters. The third-order valence-corrected chi connectivity index (χ3v) is 9.17. The third kappa shape index (κ3) is 11.8. The number of nitrogens with zero attached hydrogens (tertiary/aromatic N) is 1. The Morgan fingerprint density at radius 3 is 2.20 bits per heavy atom. The maximum absolute atomic E-state index is 13.7. The van der Waals surface area contributed by atoms with Crippen molar-refractivity contribution in [1.29, 1.82) is 0 Å². The fourth-order valence-electron chi connectivity index (χ4n) is 4.64. The normalized spacial score (nSPS) is 14.6. The summed E-state index contributed by atoms with van der Waals surface area (Å²) in [6.45, 7) is 8.48. The molecular weight excluding hydrogens is 584 g/mol. The van der Waals surface area contributed by atoms with Crippen LogP contribution in [-0.4, -0.2) is 94.8 Å². The average Bonchev–Trinajstić information content (AvgIpc) is 3.01. The number of carbonyl (C=O) groups is 2. The van der Waals surface area contributed by atoms with Crippen LogP contribution in [0.4, 0.5) is 0 Å². The van der Waals surface area contributed by atoms with Gasteiger partial charge in [-0.2, -0.15) is 4.31 Å². The molecule has 0 heterocycles. The van der Waals surface area contributed by atoms with Crippen molar-refractivity contribution in [2.75, 3.05) is 47.0 Å². The van der Waals surface area contributed by atoms with E-state index in [4.69, 9.17) is 9.47 Å². The molecule has 0 aliphatic rings. The Bertz CT molecular complexity index is 1250. The van der Waals surface area contributed by atoms with Crippen LogP contribution in [0.2, 0.25) is 0 Å². The quantitative estimate of drug-likeness (QED) is 0.162. The summed E-state index contributed by atoms with van der Waals surface area (Å²) in [7, 11) is -0.907. The number of hydrogen-bond acceptors (Lipinski definition) is 8. The van der Waals surface area contributed by atoms with E-state index < -0.39 is 34.1 Å². The van der Waals surface area contributed by atoms with Gasteiger partial charge in [0.15, 0.2) is 0 Å². The minimum absolute atomic E-state index is 0. The van der Waals surface area contributed by atoms with Crippen LogP contribution in [0, 0.1) is 11.8 Å². The summed E-state index contributed by atoms with van der Waals surface area (Å²) >= 11 is 0. The average molecular weight is 637 g/mol. The van der Waals surface area contributed by atoms with E-state index in [-0.39, 0.29) is 50.1 Å². The van der Waals surface area contributed by atoms with E-state index in [9.17, 15) is 23.1 Å². The lowest BCUT2D eigenvalue weighted by Gasteiger charge is -2.32. The number of nitrogens with one attached hydrogen (secondary N) is 3. The van der Waals surface area contributed by atoms with Gasteiger partial charge < -0.3 is 30.5 Å². The summed E-state index contributed by atoms with van der Waals surface area (Å²) in [5, 5.41) is 20.3. The number of aliphatic hydroxyl groups excluding tert-OH is 1. The number of rotatable bonds is 20. The summed E-state index contributed by atoms with van der Waals surface area (Å²) in [4.78, 5) is 26.4. The molecule has 2 aromatic carbocycles. The van der Waals surface area contributed by atoms with Gasteiger partial charge in [-0.3, -0.25) is 9.59 Å². The Morgan fingerprint density at radius 2 is 1.64 bits per heavy atom. The predicted molar refractivity (Wildman–Crippen MR) is 173 cm³/mol. The molecular formula is C32H52N4O7S. The van der Waals surface area contributed by atoms with E-state index in [1.807, 2.05) is 58.0 Å². The van der Waals surface area contributed by atoms with Crippen molar-refractivity contribution in [1.82, 2.24) is 20.3 Å². The molecule has 2 aromatic rings. The van der Waals surface area contributed by atoms with Gasteiger partial charge in [0.05, 0.1) is 37.3 Å². The van der Waals surface area contributed by atoms with Crippen LogP contribution in [0.25, 0.3) is 0 Å². The first-order valence-corrected chi connectivity index (χ1v) is 16.5. The van der Waals surface area contributed by atoms with E-state index in [0.717, 1.165) is 5.56 Å². The molecule has 0 spiro atoms. The van der Waals surface area contributed by atoms with Gasteiger partial charge in [0.1, 0.15) is 11.8 Å². The number of aliphatic hydroxyl groups is 1. The number of amides is 2. The number of carbonyl (C=O) groups excluding carboxylic acids is 2. The highest BCUT2D eigenvalue weighted by molar-refractivity contribution is 7.89. The largest absolute Gasteiger partial charge is 0.497 e. The summed E-state index contributed by atoms with van der Waals surface area (Å²) in [5.41, 5.74) is 0.858. The second-order valence-electron chi connectivity index (χ2n) is 11.4. The molecule has 12 heteroatoms. The Hall–Kier alpha value is -3.03. The summed E-state index contributed by atoms with van der Waals surface area (Å²) < 4.78 is 38.9. The van der Waals surface area contributed by atoms with Gasteiger partial charge >= 0.3 is 0 Å². The van der Waals surface area contributed by atoms with E-state index in [1.54, 1.807) is 19.2 Å². The van der Waals surface area contributed by atoms with Crippen LogP contribution < -0.4 is 20.7 Å². The number of ether oxygens (including phenoxy) is 2. The molecule has 0 fully saturated rings. The number of hydrogen-bond donors (Lipinski definition) is 4. The lowest BCUT2D eigenvalue weighted by Crippen LogP contribution is -2.57. The van der Waals surface area contributed by atoms with Gasteiger partial charge in [0.25, 0.3) is 0 Å². The topological polar surface area (TPSA) is 146 Å². The molecule has 44 heavy (non-hydrogen) atoms. The molecule has 0 saturated heterocycles. The van der Waals surface area contributed by atoms with Crippen molar-refractivity contribution in [3.63, 3.8) is 0 Å². The van der Waals surface area contributed by atoms with Crippen molar-refractivity contribution in [3.8, 4) is 5.75 Å². The van der Waals surface area contributed by atoms with Gasteiger partial charge in [-0.1, -0.05) is 64.4 Å². The van der Waals surface area contributed by atoms with Crippen molar-refractivity contribution in [2.45, 2.75) is 63.6 Å². The van der Waals surface area contributed by atoms with Gasteiger partial charge in [-0.05, 0) is 48.1 Å². The Morgan fingerprint density at radius 1 is 0.977 bits per heavy atom. The molecule has 0 aromatic heterocycles. The van der Waals surface area contributed by atoms with E-state index in [0.29, 0.717) is 25.3 Å². The second kappa shape index (κ2) is 18.7. The summed E-state index contributed by atoms with van der Waals surface area (Å²) in [6, 6.07) is 13.8. The van der Waals surface area contributed by atoms with Gasteiger partial charge in [-0.15, -0.1) is 0 Å².